The largest absolute Gasteiger partial charge is 0.390 e. The van der Waals surface area contributed by atoms with E-state index in [-0.39, 0.29) is 12.1 Å². The molecule has 0 aromatic rings. The predicted molar refractivity (Wildman–Crippen MR) is 38.5 cm³/mol. The summed E-state index contributed by atoms with van der Waals surface area (Å²) in [4.78, 5) is 0. The Balaban J connectivity index is 2.01. The first-order valence-electron chi connectivity index (χ1n) is 3.96. The van der Waals surface area contributed by atoms with E-state index < -0.39 is 0 Å². The van der Waals surface area contributed by atoms with Crippen molar-refractivity contribution in [2.45, 2.75) is 31.0 Å². The first kappa shape index (κ1) is 6.58. The predicted octanol–water partition coefficient (Wildman–Crippen LogP) is -0.944. The smallest absolute Gasteiger partial charge is 0.0846 e. The SMILES string of the molecule is N[C@@H]1CC[C@@H]2CN[C@@H]2[C@H]1O. The summed E-state index contributed by atoms with van der Waals surface area (Å²) in [7, 11) is 0. The van der Waals surface area contributed by atoms with E-state index in [9.17, 15) is 5.11 Å². The van der Waals surface area contributed by atoms with Gasteiger partial charge in [-0.15, -0.1) is 0 Å². The Morgan fingerprint density at radius 1 is 1.40 bits per heavy atom. The molecule has 0 unspecified atom stereocenters. The molecule has 3 heteroatoms. The molecule has 1 aliphatic heterocycles. The lowest BCUT2D eigenvalue weighted by molar-refractivity contribution is 0.000147. The van der Waals surface area contributed by atoms with Gasteiger partial charge in [-0.1, -0.05) is 0 Å². The van der Waals surface area contributed by atoms with E-state index in [4.69, 9.17) is 5.73 Å². The molecule has 4 atom stereocenters. The molecular weight excluding hydrogens is 128 g/mol. The Morgan fingerprint density at radius 2 is 2.20 bits per heavy atom. The highest BCUT2D eigenvalue weighted by Crippen LogP contribution is 2.29. The second kappa shape index (κ2) is 2.19. The molecule has 58 valence electrons. The zero-order chi connectivity index (χ0) is 7.14. The van der Waals surface area contributed by atoms with Gasteiger partial charge in [0.2, 0.25) is 0 Å². The van der Waals surface area contributed by atoms with Crippen LogP contribution >= 0.6 is 0 Å². The van der Waals surface area contributed by atoms with Crippen LogP contribution in [0.5, 0.6) is 0 Å². The zero-order valence-electron chi connectivity index (χ0n) is 5.96. The van der Waals surface area contributed by atoms with Crippen molar-refractivity contribution < 1.29 is 5.11 Å². The van der Waals surface area contributed by atoms with Gasteiger partial charge >= 0.3 is 0 Å². The average molecular weight is 142 g/mol. The Bertz CT molecular complexity index is 134. The summed E-state index contributed by atoms with van der Waals surface area (Å²) >= 11 is 0. The van der Waals surface area contributed by atoms with Gasteiger partial charge in [0.15, 0.2) is 0 Å². The lowest BCUT2D eigenvalue weighted by Gasteiger charge is -2.47. The van der Waals surface area contributed by atoms with E-state index in [1.165, 1.54) is 6.42 Å². The van der Waals surface area contributed by atoms with Crippen LogP contribution in [0, 0.1) is 5.92 Å². The molecule has 1 heterocycles. The van der Waals surface area contributed by atoms with Gasteiger partial charge in [-0.25, -0.2) is 0 Å². The molecule has 0 aromatic heterocycles. The van der Waals surface area contributed by atoms with Crippen molar-refractivity contribution in [1.29, 1.82) is 0 Å². The van der Waals surface area contributed by atoms with Crippen molar-refractivity contribution in [3.05, 3.63) is 0 Å². The third-order valence-corrected chi connectivity index (χ3v) is 2.80. The first-order chi connectivity index (χ1) is 4.79. The second-order valence-corrected chi connectivity index (χ2v) is 3.43. The number of nitrogens with one attached hydrogen (secondary N) is 1. The molecule has 1 aliphatic carbocycles. The fourth-order valence-electron chi connectivity index (χ4n) is 1.95. The van der Waals surface area contributed by atoms with E-state index in [2.05, 4.69) is 5.32 Å². The van der Waals surface area contributed by atoms with Crippen LogP contribution in [0.4, 0.5) is 0 Å². The van der Waals surface area contributed by atoms with E-state index in [0.29, 0.717) is 12.0 Å². The van der Waals surface area contributed by atoms with Crippen LogP contribution in [-0.2, 0) is 0 Å². The first-order valence-corrected chi connectivity index (χ1v) is 3.96. The molecule has 3 nitrogen and oxygen atoms in total. The van der Waals surface area contributed by atoms with Gasteiger partial charge in [-0.05, 0) is 25.3 Å². The van der Waals surface area contributed by atoms with Gasteiger partial charge in [0.1, 0.15) is 0 Å². The molecule has 4 N–H and O–H groups in total. The molecule has 1 saturated heterocycles. The standard InChI is InChI=1S/C7H14N2O/c8-5-2-1-4-3-9-6(4)7(5)10/h4-7,9-10H,1-3,8H2/t4-,5-,6+,7+/m1/s1. The molecular formula is C7H14N2O. The monoisotopic (exact) mass is 142 g/mol. The number of aliphatic hydroxyl groups excluding tert-OH is 1. The number of rotatable bonds is 0. The number of hydrogen-bond acceptors (Lipinski definition) is 3. The summed E-state index contributed by atoms with van der Waals surface area (Å²) < 4.78 is 0. The average Bonchev–Trinajstić information content (AvgIpc) is 1.82. The van der Waals surface area contributed by atoms with Gasteiger partial charge in [0.05, 0.1) is 6.10 Å². The third-order valence-electron chi connectivity index (χ3n) is 2.80. The summed E-state index contributed by atoms with van der Waals surface area (Å²) in [5.41, 5.74) is 5.67. The van der Waals surface area contributed by atoms with Crippen LogP contribution in [0.2, 0.25) is 0 Å². The lowest BCUT2D eigenvalue weighted by Crippen LogP contribution is -2.66. The summed E-state index contributed by atoms with van der Waals surface area (Å²) in [5, 5.41) is 12.7. The Labute approximate surface area is 60.6 Å². The maximum absolute atomic E-state index is 9.48. The molecule has 10 heavy (non-hydrogen) atoms. The van der Waals surface area contributed by atoms with Gasteiger partial charge in [0.25, 0.3) is 0 Å². The summed E-state index contributed by atoms with van der Waals surface area (Å²) in [6, 6.07) is 0.317. The Hall–Kier alpha value is -0.120. The lowest BCUT2D eigenvalue weighted by atomic mass is 9.75. The maximum Gasteiger partial charge on any atom is 0.0846 e. The minimum absolute atomic E-state index is 0.00838. The fraction of sp³-hybridized carbons (Fsp3) is 1.00. The van der Waals surface area contributed by atoms with Gasteiger partial charge in [-0.3, -0.25) is 0 Å². The molecule has 0 aromatic carbocycles. The van der Waals surface area contributed by atoms with E-state index >= 15 is 0 Å². The highest BCUT2D eigenvalue weighted by Gasteiger charge is 2.41. The van der Waals surface area contributed by atoms with E-state index in [0.717, 1.165) is 13.0 Å². The quantitative estimate of drug-likeness (QED) is 0.409. The van der Waals surface area contributed by atoms with Crippen LogP contribution in [0.3, 0.4) is 0 Å². The molecule has 2 aliphatic rings. The highest BCUT2D eigenvalue weighted by atomic mass is 16.3. The molecule has 1 saturated carbocycles. The number of hydrogen-bond donors (Lipinski definition) is 3. The van der Waals surface area contributed by atoms with Crippen molar-refractivity contribution in [2.24, 2.45) is 11.7 Å². The number of nitrogens with two attached hydrogens (primary N) is 1. The normalized spacial score (nSPS) is 53.4. The molecule has 2 rings (SSSR count). The zero-order valence-corrected chi connectivity index (χ0v) is 5.96. The van der Waals surface area contributed by atoms with Gasteiger partial charge in [-0.2, -0.15) is 0 Å². The fourth-order valence-corrected chi connectivity index (χ4v) is 1.95. The van der Waals surface area contributed by atoms with Crippen LogP contribution in [0.15, 0.2) is 0 Å². The van der Waals surface area contributed by atoms with Gasteiger partial charge < -0.3 is 16.2 Å². The van der Waals surface area contributed by atoms with Crippen molar-refractivity contribution in [3.8, 4) is 0 Å². The second-order valence-electron chi connectivity index (χ2n) is 3.43. The minimum atomic E-state index is -0.299. The van der Waals surface area contributed by atoms with Crippen molar-refractivity contribution >= 4 is 0 Å². The molecule has 0 amide bonds. The number of aliphatic hydroxyl groups is 1. The summed E-state index contributed by atoms with van der Waals surface area (Å²) in [6.07, 6.45) is 1.88. The van der Waals surface area contributed by atoms with E-state index in [1.807, 2.05) is 0 Å². The molecule has 0 bridgehead atoms. The summed E-state index contributed by atoms with van der Waals surface area (Å²) in [5.74, 6) is 0.704. The maximum atomic E-state index is 9.48. The molecule has 0 spiro atoms. The van der Waals surface area contributed by atoms with Crippen LogP contribution in [0.1, 0.15) is 12.8 Å². The van der Waals surface area contributed by atoms with Crippen LogP contribution < -0.4 is 11.1 Å². The van der Waals surface area contributed by atoms with Crippen LogP contribution in [-0.4, -0.2) is 29.8 Å². The van der Waals surface area contributed by atoms with Crippen molar-refractivity contribution in [3.63, 3.8) is 0 Å². The third kappa shape index (κ3) is 0.779. The van der Waals surface area contributed by atoms with Crippen LogP contribution in [0.25, 0.3) is 0 Å². The number of fused-ring (bicyclic) bond motifs is 1. The molecule has 2 fully saturated rings. The highest BCUT2D eigenvalue weighted by molar-refractivity contribution is 5.00. The van der Waals surface area contributed by atoms with Crippen molar-refractivity contribution in [1.82, 2.24) is 5.32 Å². The van der Waals surface area contributed by atoms with E-state index in [1.54, 1.807) is 0 Å². The Kier molecular flexibility index (Phi) is 1.44. The summed E-state index contributed by atoms with van der Waals surface area (Å²) in [6.45, 7) is 1.08. The topological polar surface area (TPSA) is 58.3 Å². The van der Waals surface area contributed by atoms with Crippen molar-refractivity contribution in [2.75, 3.05) is 6.54 Å². The molecule has 0 radical (unpaired) electrons. The Morgan fingerprint density at radius 3 is 2.70 bits per heavy atom. The minimum Gasteiger partial charge on any atom is -0.390 e. The van der Waals surface area contributed by atoms with Gasteiger partial charge in [0, 0.05) is 12.1 Å².